The zero-order valence-electron chi connectivity index (χ0n) is 14.2. The number of nitrogens with zero attached hydrogens (tertiary/aromatic N) is 2. The molecule has 0 unspecified atom stereocenters. The second-order valence-corrected chi connectivity index (χ2v) is 6.79. The van der Waals surface area contributed by atoms with Crippen molar-refractivity contribution >= 4 is 22.8 Å². The van der Waals surface area contributed by atoms with Crippen LogP contribution < -0.4 is 10.6 Å². The average Bonchev–Trinajstić information content (AvgIpc) is 3.35. The Morgan fingerprint density at radius 2 is 2.00 bits per heavy atom. The van der Waals surface area contributed by atoms with Crippen molar-refractivity contribution in [3.63, 3.8) is 0 Å². The van der Waals surface area contributed by atoms with Crippen LogP contribution in [0.2, 0.25) is 0 Å². The molecule has 128 valence electrons. The first kappa shape index (κ1) is 16.5. The van der Waals surface area contributed by atoms with Crippen LogP contribution in [0.1, 0.15) is 32.5 Å². The van der Waals surface area contributed by atoms with E-state index < -0.39 is 0 Å². The quantitative estimate of drug-likeness (QED) is 0.814. The maximum absolute atomic E-state index is 12.2. The number of benzene rings is 1. The molecule has 2 amide bonds. The van der Waals surface area contributed by atoms with Gasteiger partial charge in [0, 0.05) is 12.5 Å². The van der Waals surface area contributed by atoms with Gasteiger partial charge in [-0.1, -0.05) is 26.0 Å². The van der Waals surface area contributed by atoms with Crippen LogP contribution in [0.4, 0.5) is 0 Å². The van der Waals surface area contributed by atoms with Crippen molar-refractivity contribution in [2.24, 2.45) is 11.8 Å². The molecule has 0 bridgehead atoms. The van der Waals surface area contributed by atoms with Crippen LogP contribution in [0.25, 0.3) is 11.0 Å². The summed E-state index contributed by atoms with van der Waals surface area (Å²) in [7, 11) is 0. The summed E-state index contributed by atoms with van der Waals surface area (Å²) in [5.74, 6) is 1.33. The Morgan fingerprint density at radius 1 is 1.25 bits per heavy atom. The monoisotopic (exact) mass is 328 g/mol. The number of carbonyl (C=O) groups excluding carboxylic acids is 2. The van der Waals surface area contributed by atoms with Crippen molar-refractivity contribution in [1.29, 1.82) is 0 Å². The van der Waals surface area contributed by atoms with Crippen molar-refractivity contribution in [3.8, 4) is 0 Å². The first-order chi connectivity index (χ1) is 11.5. The number of para-hydroxylation sites is 2. The molecular weight excluding hydrogens is 304 g/mol. The van der Waals surface area contributed by atoms with E-state index in [0.29, 0.717) is 24.8 Å². The lowest BCUT2D eigenvalue weighted by Gasteiger charge is -2.11. The predicted octanol–water partition coefficient (Wildman–Crippen LogP) is 1.83. The Kier molecular flexibility index (Phi) is 4.83. The van der Waals surface area contributed by atoms with Crippen molar-refractivity contribution in [2.45, 2.75) is 39.8 Å². The van der Waals surface area contributed by atoms with Gasteiger partial charge < -0.3 is 15.2 Å². The Balaban J connectivity index is 1.76. The van der Waals surface area contributed by atoms with E-state index in [1.54, 1.807) is 0 Å². The van der Waals surface area contributed by atoms with Crippen LogP contribution in [0.5, 0.6) is 0 Å². The first-order valence-corrected chi connectivity index (χ1v) is 8.53. The number of carbonyl (C=O) groups is 2. The molecule has 2 aromatic rings. The van der Waals surface area contributed by atoms with Crippen molar-refractivity contribution in [2.75, 3.05) is 6.54 Å². The smallest absolute Gasteiger partial charge is 0.240 e. The van der Waals surface area contributed by atoms with Crippen LogP contribution >= 0.6 is 0 Å². The molecule has 0 radical (unpaired) electrons. The number of fused-ring (bicyclic) bond motifs is 1. The van der Waals surface area contributed by atoms with Crippen LogP contribution in [0.3, 0.4) is 0 Å². The fourth-order valence-corrected chi connectivity index (χ4v) is 2.61. The van der Waals surface area contributed by atoms with Crippen molar-refractivity contribution in [1.82, 2.24) is 20.2 Å². The summed E-state index contributed by atoms with van der Waals surface area (Å²) in [5, 5.41) is 5.86. The number of imidazole rings is 1. The summed E-state index contributed by atoms with van der Waals surface area (Å²) in [5.41, 5.74) is 1.75. The van der Waals surface area contributed by atoms with E-state index in [1.807, 2.05) is 28.8 Å². The molecular formula is C18H24N4O2. The Labute approximate surface area is 141 Å². The number of rotatable bonds is 7. The maximum atomic E-state index is 12.2. The molecule has 1 aromatic heterocycles. The molecule has 0 aliphatic heterocycles. The third-order valence-electron chi connectivity index (χ3n) is 4.11. The van der Waals surface area contributed by atoms with Gasteiger partial charge in [-0.3, -0.25) is 9.59 Å². The van der Waals surface area contributed by atoms with E-state index in [9.17, 15) is 9.59 Å². The van der Waals surface area contributed by atoms with E-state index in [2.05, 4.69) is 29.5 Å². The molecule has 1 aliphatic rings. The molecule has 2 N–H and O–H groups in total. The molecule has 0 saturated heterocycles. The van der Waals surface area contributed by atoms with Crippen LogP contribution in [-0.2, 0) is 22.7 Å². The predicted molar refractivity (Wildman–Crippen MR) is 92.2 cm³/mol. The molecule has 3 rings (SSSR count). The van der Waals surface area contributed by atoms with Crippen LogP contribution in [-0.4, -0.2) is 27.9 Å². The molecule has 1 aromatic carbocycles. The van der Waals surface area contributed by atoms with Crippen LogP contribution in [0, 0.1) is 11.8 Å². The summed E-state index contributed by atoms with van der Waals surface area (Å²) < 4.78 is 1.89. The molecule has 1 heterocycles. The minimum absolute atomic E-state index is 0.0402. The first-order valence-electron chi connectivity index (χ1n) is 8.53. The average molecular weight is 328 g/mol. The van der Waals surface area contributed by atoms with Gasteiger partial charge in [0.15, 0.2) is 0 Å². The summed E-state index contributed by atoms with van der Waals surface area (Å²) in [6.07, 6.45) is 1.94. The van der Waals surface area contributed by atoms with E-state index in [4.69, 9.17) is 0 Å². The van der Waals surface area contributed by atoms with Crippen LogP contribution in [0.15, 0.2) is 24.3 Å². The number of amides is 2. The van der Waals surface area contributed by atoms with Gasteiger partial charge in [-0.15, -0.1) is 0 Å². The highest BCUT2D eigenvalue weighted by Gasteiger charge is 2.29. The van der Waals surface area contributed by atoms with Gasteiger partial charge in [-0.2, -0.15) is 0 Å². The lowest BCUT2D eigenvalue weighted by atomic mass is 10.2. The minimum atomic E-state index is -0.0402. The fraction of sp³-hybridized carbons (Fsp3) is 0.500. The molecule has 6 nitrogen and oxygen atoms in total. The lowest BCUT2D eigenvalue weighted by molar-refractivity contribution is -0.122. The third-order valence-corrected chi connectivity index (χ3v) is 4.11. The largest absolute Gasteiger partial charge is 0.354 e. The van der Waals surface area contributed by atoms with E-state index in [0.717, 1.165) is 23.9 Å². The van der Waals surface area contributed by atoms with Gasteiger partial charge in [0.05, 0.1) is 17.6 Å². The molecule has 0 atom stereocenters. The zero-order chi connectivity index (χ0) is 17.1. The van der Waals surface area contributed by atoms with Gasteiger partial charge in [0.2, 0.25) is 11.8 Å². The van der Waals surface area contributed by atoms with Gasteiger partial charge in [-0.05, 0) is 30.9 Å². The molecule has 0 spiro atoms. The topological polar surface area (TPSA) is 76.0 Å². The number of aromatic nitrogens is 2. The maximum Gasteiger partial charge on any atom is 0.240 e. The molecule has 1 aliphatic carbocycles. The molecule has 1 fully saturated rings. The highest BCUT2D eigenvalue weighted by molar-refractivity contribution is 5.82. The SMILES string of the molecule is CC(C)CNC(=O)Cn1c(CNC(=O)C2CC2)nc2ccccc21. The second-order valence-electron chi connectivity index (χ2n) is 6.79. The zero-order valence-corrected chi connectivity index (χ0v) is 14.2. The number of nitrogens with one attached hydrogen (secondary N) is 2. The highest BCUT2D eigenvalue weighted by atomic mass is 16.2. The van der Waals surface area contributed by atoms with Gasteiger partial charge in [-0.25, -0.2) is 4.98 Å². The minimum Gasteiger partial charge on any atom is -0.354 e. The Bertz CT molecular complexity index is 747. The summed E-state index contributed by atoms with van der Waals surface area (Å²) in [6, 6.07) is 7.72. The number of hydrogen-bond acceptors (Lipinski definition) is 3. The third kappa shape index (κ3) is 3.93. The lowest BCUT2D eigenvalue weighted by Crippen LogP contribution is -2.32. The Hall–Kier alpha value is -2.37. The van der Waals surface area contributed by atoms with E-state index in [-0.39, 0.29) is 24.3 Å². The van der Waals surface area contributed by atoms with Gasteiger partial charge in [0.1, 0.15) is 12.4 Å². The molecule has 6 heteroatoms. The van der Waals surface area contributed by atoms with Gasteiger partial charge >= 0.3 is 0 Å². The van der Waals surface area contributed by atoms with Crippen molar-refractivity contribution < 1.29 is 9.59 Å². The molecule has 24 heavy (non-hydrogen) atoms. The Morgan fingerprint density at radius 3 is 2.71 bits per heavy atom. The normalized spacial score (nSPS) is 14.1. The standard InChI is InChI=1S/C18H24N4O2/c1-12(2)9-19-17(23)11-22-15-6-4-3-5-14(15)21-16(22)10-20-18(24)13-7-8-13/h3-6,12-13H,7-11H2,1-2H3,(H,19,23)(H,20,24). The van der Waals surface area contributed by atoms with Gasteiger partial charge in [0.25, 0.3) is 0 Å². The summed E-state index contributed by atoms with van der Waals surface area (Å²) >= 11 is 0. The summed E-state index contributed by atoms with van der Waals surface area (Å²) in [6.45, 7) is 5.33. The molecule has 1 saturated carbocycles. The van der Waals surface area contributed by atoms with E-state index in [1.165, 1.54) is 0 Å². The summed E-state index contributed by atoms with van der Waals surface area (Å²) in [4.78, 5) is 28.7. The second kappa shape index (κ2) is 7.03. The fourth-order valence-electron chi connectivity index (χ4n) is 2.61. The number of hydrogen-bond donors (Lipinski definition) is 2. The van der Waals surface area contributed by atoms with E-state index >= 15 is 0 Å². The van der Waals surface area contributed by atoms with Crippen molar-refractivity contribution in [3.05, 3.63) is 30.1 Å². The highest BCUT2D eigenvalue weighted by Crippen LogP contribution is 2.28.